The van der Waals surface area contributed by atoms with Crippen LogP contribution in [0, 0.1) is 34.0 Å². The minimum absolute atomic E-state index is 0.0798. The fourth-order valence-electron chi connectivity index (χ4n) is 8.23. The molecule has 3 aliphatic heterocycles. The van der Waals surface area contributed by atoms with Crippen LogP contribution in [0.4, 0.5) is 0 Å². The quantitative estimate of drug-likeness (QED) is 0.278. The number of hydrogen-bond donors (Lipinski definition) is 2. The number of carbonyl (C=O) groups excluding carboxylic acids is 5. The fourth-order valence-corrected chi connectivity index (χ4v) is 8.23. The molecule has 0 radical (unpaired) electrons. The van der Waals surface area contributed by atoms with Crippen LogP contribution in [0.25, 0.3) is 0 Å². The summed E-state index contributed by atoms with van der Waals surface area (Å²) in [5, 5.41) is 22.4. The smallest absolute Gasteiger partial charge is 0.350 e. The van der Waals surface area contributed by atoms with E-state index in [0.29, 0.717) is 0 Å². The molecular weight excluding hydrogens is 568 g/mol. The molecule has 234 valence electrons. The van der Waals surface area contributed by atoms with Crippen LogP contribution in [0.2, 0.25) is 0 Å². The van der Waals surface area contributed by atoms with E-state index in [9.17, 15) is 34.2 Å². The number of para-hydroxylation sites is 1. The van der Waals surface area contributed by atoms with E-state index >= 15 is 0 Å². The second-order valence-electron chi connectivity index (χ2n) is 12.7. The number of benzene rings is 1. The van der Waals surface area contributed by atoms with E-state index in [0.717, 1.165) is 6.92 Å². The maximum absolute atomic E-state index is 13.8. The van der Waals surface area contributed by atoms with Crippen molar-refractivity contribution in [2.24, 2.45) is 34.0 Å². The number of cyclic esters (lactones) is 2. The van der Waals surface area contributed by atoms with Crippen molar-refractivity contribution >= 4 is 29.8 Å². The molecule has 2 N–H and O–H groups in total. The Morgan fingerprint density at radius 2 is 1.70 bits per heavy atom. The van der Waals surface area contributed by atoms with Gasteiger partial charge in [-0.15, -0.1) is 0 Å². The normalized spacial score (nSPS) is 38.5. The molecule has 3 saturated heterocycles. The highest BCUT2D eigenvalue weighted by atomic mass is 16.7. The highest BCUT2D eigenvalue weighted by Crippen LogP contribution is 2.75. The molecule has 2 spiro atoms. The van der Waals surface area contributed by atoms with Gasteiger partial charge in [-0.25, -0.2) is 9.59 Å². The highest BCUT2D eigenvalue weighted by Gasteiger charge is 2.88. The molecule has 3 unspecified atom stereocenters. The third kappa shape index (κ3) is 4.19. The van der Waals surface area contributed by atoms with Gasteiger partial charge in [-0.2, -0.15) is 0 Å². The van der Waals surface area contributed by atoms with E-state index in [1.807, 2.05) is 20.8 Å². The molecule has 4 fully saturated rings. The Morgan fingerprint density at radius 3 is 2.30 bits per heavy atom. The van der Waals surface area contributed by atoms with Gasteiger partial charge in [0.05, 0.1) is 29.3 Å². The zero-order valence-corrected chi connectivity index (χ0v) is 24.7. The molecule has 1 aromatic rings. The lowest BCUT2D eigenvalue weighted by molar-refractivity contribution is -0.252. The molecule has 1 aromatic carbocycles. The van der Waals surface area contributed by atoms with Gasteiger partial charge in [-0.1, -0.05) is 39.8 Å². The summed E-state index contributed by atoms with van der Waals surface area (Å²) < 4.78 is 34.0. The van der Waals surface area contributed by atoms with Crippen molar-refractivity contribution in [1.29, 1.82) is 0 Å². The highest BCUT2D eigenvalue weighted by molar-refractivity contribution is 5.96. The zero-order chi connectivity index (χ0) is 31.6. The molecule has 1 saturated carbocycles. The van der Waals surface area contributed by atoms with Crippen molar-refractivity contribution in [2.75, 3.05) is 13.7 Å². The van der Waals surface area contributed by atoms with Crippen molar-refractivity contribution < 1.29 is 62.6 Å². The first kappa shape index (κ1) is 30.9. The summed E-state index contributed by atoms with van der Waals surface area (Å²) in [6.45, 7) is 7.41. The van der Waals surface area contributed by atoms with E-state index in [1.165, 1.54) is 32.2 Å². The van der Waals surface area contributed by atoms with Crippen LogP contribution in [-0.4, -0.2) is 84.5 Å². The number of esters is 5. The Morgan fingerprint density at radius 1 is 1.02 bits per heavy atom. The Bertz CT molecular complexity index is 1350. The summed E-state index contributed by atoms with van der Waals surface area (Å²) in [5.74, 6) is -7.78. The van der Waals surface area contributed by atoms with E-state index in [-0.39, 0.29) is 17.7 Å². The SMILES string of the molecule is CO[C@@H]1OC(=O)[C@H](OC(=O)c2ccccc2OC(C)=O)C12[C@H](C(C)(C)C)CC1OC(=O)C3[C@H](C)C(=O)O[C@H](CO)[C@H](O)[C@]132. The predicted molar refractivity (Wildman–Crippen MR) is 142 cm³/mol. The lowest BCUT2D eigenvalue weighted by atomic mass is 9.48. The van der Waals surface area contributed by atoms with Gasteiger partial charge in [-0.3, -0.25) is 14.4 Å². The van der Waals surface area contributed by atoms with Gasteiger partial charge in [0.1, 0.15) is 23.5 Å². The molecule has 1 aliphatic carbocycles. The van der Waals surface area contributed by atoms with Crippen LogP contribution in [-0.2, 0) is 42.9 Å². The average Bonchev–Trinajstić information content (AvgIpc) is 3.48. The Balaban J connectivity index is 1.78. The monoisotopic (exact) mass is 604 g/mol. The van der Waals surface area contributed by atoms with Crippen LogP contribution in [0.15, 0.2) is 24.3 Å². The molecule has 43 heavy (non-hydrogen) atoms. The molecule has 10 atom stereocenters. The first-order chi connectivity index (χ1) is 20.2. The van der Waals surface area contributed by atoms with Gasteiger partial charge >= 0.3 is 29.8 Å². The molecule has 3 heterocycles. The molecule has 13 heteroatoms. The third-order valence-corrected chi connectivity index (χ3v) is 9.60. The number of ether oxygens (including phenoxy) is 6. The van der Waals surface area contributed by atoms with Crippen LogP contribution >= 0.6 is 0 Å². The van der Waals surface area contributed by atoms with Crippen molar-refractivity contribution in [1.82, 2.24) is 0 Å². The summed E-state index contributed by atoms with van der Waals surface area (Å²) >= 11 is 0. The average molecular weight is 605 g/mol. The predicted octanol–water partition coefficient (Wildman–Crippen LogP) is 1.16. The Kier molecular flexibility index (Phi) is 7.59. The molecule has 0 aromatic heterocycles. The lowest BCUT2D eigenvalue weighted by Gasteiger charge is -2.54. The lowest BCUT2D eigenvalue weighted by Crippen LogP contribution is -2.67. The first-order valence-electron chi connectivity index (χ1n) is 14.1. The van der Waals surface area contributed by atoms with Crippen molar-refractivity contribution in [3.05, 3.63) is 29.8 Å². The minimum atomic E-state index is -1.87. The van der Waals surface area contributed by atoms with E-state index in [4.69, 9.17) is 28.4 Å². The maximum atomic E-state index is 13.8. The van der Waals surface area contributed by atoms with Gasteiger partial charge in [0.15, 0.2) is 6.10 Å². The van der Waals surface area contributed by atoms with Crippen LogP contribution < -0.4 is 4.74 Å². The number of rotatable bonds is 5. The molecule has 0 amide bonds. The van der Waals surface area contributed by atoms with Crippen LogP contribution in [0.5, 0.6) is 5.75 Å². The number of aliphatic hydroxyl groups is 2. The Hall–Kier alpha value is -3.55. The molecule has 0 bridgehead atoms. The van der Waals surface area contributed by atoms with Crippen molar-refractivity contribution in [3.63, 3.8) is 0 Å². The second kappa shape index (κ2) is 10.6. The third-order valence-electron chi connectivity index (χ3n) is 9.60. The minimum Gasteiger partial charge on any atom is -0.461 e. The second-order valence-corrected chi connectivity index (χ2v) is 12.7. The van der Waals surface area contributed by atoms with Crippen molar-refractivity contribution in [3.8, 4) is 5.75 Å². The van der Waals surface area contributed by atoms with Crippen LogP contribution in [0.3, 0.4) is 0 Å². The number of aliphatic hydroxyl groups excluding tert-OH is 2. The number of carbonyl (C=O) groups is 5. The van der Waals surface area contributed by atoms with Gasteiger partial charge < -0.3 is 38.6 Å². The largest absolute Gasteiger partial charge is 0.461 e. The Labute approximate surface area is 247 Å². The topological polar surface area (TPSA) is 181 Å². The molecule has 5 rings (SSSR count). The standard InChI is InChI=1S/C30H36O13/c1-13-20-25(36)41-19-11-18(28(3,4)5)29(30(19,20)21(33)17(12-31)40-23(13)34)22(26(37)43-27(29)38-6)42-24(35)15-9-7-8-10-16(15)39-14(2)32/h7-10,13,17-22,27,31,33H,11-12H2,1-6H3/t13-,17+,18-,19?,20?,21-,22-,27+,29?,30-/m0/s1. The van der Waals surface area contributed by atoms with Gasteiger partial charge in [0, 0.05) is 14.0 Å². The summed E-state index contributed by atoms with van der Waals surface area (Å²) in [5.41, 5.74) is -4.58. The number of methoxy groups -OCH3 is 1. The summed E-state index contributed by atoms with van der Waals surface area (Å²) in [4.78, 5) is 66.1. The fraction of sp³-hybridized carbons (Fsp3) is 0.633. The van der Waals surface area contributed by atoms with Gasteiger partial charge in [0.2, 0.25) is 12.4 Å². The summed E-state index contributed by atoms with van der Waals surface area (Å²) in [6.07, 6.45) is -7.59. The molecule has 4 aliphatic rings. The van der Waals surface area contributed by atoms with E-state index < -0.39 is 101 Å². The van der Waals surface area contributed by atoms with E-state index in [1.54, 1.807) is 6.07 Å². The summed E-state index contributed by atoms with van der Waals surface area (Å²) in [7, 11) is 1.27. The van der Waals surface area contributed by atoms with Gasteiger partial charge in [0.25, 0.3) is 0 Å². The zero-order valence-electron chi connectivity index (χ0n) is 24.7. The van der Waals surface area contributed by atoms with Crippen molar-refractivity contribution in [2.45, 2.75) is 71.7 Å². The molecule has 13 nitrogen and oxygen atoms in total. The van der Waals surface area contributed by atoms with Crippen LogP contribution in [0.1, 0.15) is 51.4 Å². The van der Waals surface area contributed by atoms with E-state index in [2.05, 4.69) is 0 Å². The summed E-state index contributed by atoms with van der Waals surface area (Å²) in [6, 6.07) is 5.78. The van der Waals surface area contributed by atoms with Gasteiger partial charge in [-0.05, 0) is 29.9 Å². The first-order valence-corrected chi connectivity index (χ1v) is 14.1. The number of hydrogen-bond acceptors (Lipinski definition) is 13. The molecular formula is C30H36O13. The maximum Gasteiger partial charge on any atom is 0.350 e.